The third-order valence-corrected chi connectivity index (χ3v) is 2.49. The van der Waals surface area contributed by atoms with Crippen LogP contribution in [-0.2, 0) is 0 Å². The van der Waals surface area contributed by atoms with E-state index < -0.39 is 0 Å². The van der Waals surface area contributed by atoms with Gasteiger partial charge in [-0.25, -0.2) is 0 Å². The molecule has 0 aliphatic heterocycles. The first-order valence-corrected chi connectivity index (χ1v) is 4.53. The fourth-order valence-corrected chi connectivity index (χ4v) is 1.72. The van der Waals surface area contributed by atoms with E-state index in [9.17, 15) is 0 Å². The van der Waals surface area contributed by atoms with Gasteiger partial charge in [-0.15, -0.1) is 0 Å². The molecular formula is C9H19N. The smallest absolute Gasteiger partial charge is 0.00492 e. The van der Waals surface area contributed by atoms with E-state index in [1.165, 1.54) is 32.2 Å². The van der Waals surface area contributed by atoms with E-state index in [0.29, 0.717) is 0 Å². The molecule has 0 heterocycles. The van der Waals surface area contributed by atoms with Gasteiger partial charge in [-0.1, -0.05) is 19.8 Å². The zero-order valence-electron chi connectivity index (χ0n) is 7.19. The molecule has 0 aromatic rings. The van der Waals surface area contributed by atoms with Gasteiger partial charge in [0, 0.05) is 0 Å². The summed E-state index contributed by atoms with van der Waals surface area (Å²) < 4.78 is 0. The molecule has 2 unspecified atom stereocenters. The second-order valence-corrected chi connectivity index (χ2v) is 3.44. The van der Waals surface area contributed by atoms with E-state index in [2.05, 4.69) is 12.2 Å². The quantitative estimate of drug-likeness (QED) is 0.617. The number of hydrogen-bond donors (Lipinski definition) is 1. The van der Waals surface area contributed by atoms with E-state index in [1.54, 1.807) is 0 Å². The van der Waals surface area contributed by atoms with Gasteiger partial charge in [-0.05, 0) is 38.3 Å². The van der Waals surface area contributed by atoms with Crippen LogP contribution in [0.2, 0.25) is 0 Å². The SMILES string of the molecule is CCCC1CC1CCNC. The van der Waals surface area contributed by atoms with E-state index in [-0.39, 0.29) is 0 Å². The molecule has 1 heteroatoms. The summed E-state index contributed by atoms with van der Waals surface area (Å²) in [4.78, 5) is 0. The second-order valence-electron chi connectivity index (χ2n) is 3.44. The summed E-state index contributed by atoms with van der Waals surface area (Å²) in [5.74, 6) is 2.17. The zero-order chi connectivity index (χ0) is 7.40. The molecule has 0 radical (unpaired) electrons. The maximum absolute atomic E-state index is 3.20. The lowest BCUT2D eigenvalue weighted by atomic mass is 10.1. The molecule has 1 aliphatic carbocycles. The van der Waals surface area contributed by atoms with Crippen molar-refractivity contribution in [1.29, 1.82) is 0 Å². The van der Waals surface area contributed by atoms with E-state index in [1.807, 2.05) is 7.05 Å². The third kappa shape index (κ3) is 2.30. The Morgan fingerprint density at radius 2 is 2.00 bits per heavy atom. The standard InChI is InChI=1S/C9H19N/c1-3-4-8-7-9(8)5-6-10-2/h8-10H,3-7H2,1-2H3. The van der Waals surface area contributed by atoms with Crippen LogP contribution in [0.5, 0.6) is 0 Å². The minimum Gasteiger partial charge on any atom is -0.320 e. The Labute approximate surface area is 64.2 Å². The topological polar surface area (TPSA) is 12.0 Å². The maximum Gasteiger partial charge on any atom is -0.00492 e. The normalized spacial score (nSPS) is 30.6. The van der Waals surface area contributed by atoms with Crippen molar-refractivity contribution in [3.63, 3.8) is 0 Å². The first kappa shape index (κ1) is 8.06. The Kier molecular flexibility index (Phi) is 3.20. The molecule has 0 aromatic carbocycles. The number of hydrogen-bond acceptors (Lipinski definition) is 1. The summed E-state index contributed by atoms with van der Waals surface area (Å²) in [5, 5.41) is 3.20. The van der Waals surface area contributed by atoms with Gasteiger partial charge in [0.25, 0.3) is 0 Å². The van der Waals surface area contributed by atoms with Crippen LogP contribution in [0.1, 0.15) is 32.6 Å². The van der Waals surface area contributed by atoms with Crippen molar-refractivity contribution < 1.29 is 0 Å². The monoisotopic (exact) mass is 141 g/mol. The summed E-state index contributed by atoms with van der Waals surface area (Å²) in [6.07, 6.45) is 5.76. The highest BCUT2D eigenvalue weighted by molar-refractivity contribution is 4.85. The highest BCUT2D eigenvalue weighted by Gasteiger charge is 2.34. The second kappa shape index (κ2) is 3.97. The van der Waals surface area contributed by atoms with Crippen molar-refractivity contribution in [2.75, 3.05) is 13.6 Å². The maximum atomic E-state index is 3.20. The first-order chi connectivity index (χ1) is 4.88. The molecular weight excluding hydrogens is 122 g/mol. The average Bonchev–Trinajstić information content (AvgIpc) is 2.65. The highest BCUT2D eigenvalue weighted by atomic mass is 14.8. The van der Waals surface area contributed by atoms with Gasteiger partial charge >= 0.3 is 0 Å². The van der Waals surface area contributed by atoms with Crippen molar-refractivity contribution in [1.82, 2.24) is 5.32 Å². The van der Waals surface area contributed by atoms with Crippen LogP contribution >= 0.6 is 0 Å². The van der Waals surface area contributed by atoms with Crippen LogP contribution in [0.25, 0.3) is 0 Å². The van der Waals surface area contributed by atoms with Crippen LogP contribution in [0, 0.1) is 11.8 Å². The molecule has 0 spiro atoms. The van der Waals surface area contributed by atoms with Crippen LogP contribution in [0.3, 0.4) is 0 Å². The molecule has 1 rings (SSSR count). The lowest BCUT2D eigenvalue weighted by Crippen LogP contribution is -2.08. The van der Waals surface area contributed by atoms with Crippen LogP contribution in [0.15, 0.2) is 0 Å². The largest absolute Gasteiger partial charge is 0.320 e. The van der Waals surface area contributed by atoms with Crippen molar-refractivity contribution >= 4 is 0 Å². The number of rotatable bonds is 5. The van der Waals surface area contributed by atoms with E-state index >= 15 is 0 Å². The van der Waals surface area contributed by atoms with Crippen LogP contribution in [-0.4, -0.2) is 13.6 Å². The molecule has 0 bridgehead atoms. The summed E-state index contributed by atoms with van der Waals surface area (Å²) >= 11 is 0. The molecule has 1 nitrogen and oxygen atoms in total. The van der Waals surface area contributed by atoms with Gasteiger partial charge in [0.1, 0.15) is 0 Å². The molecule has 60 valence electrons. The van der Waals surface area contributed by atoms with Crippen molar-refractivity contribution in [3.05, 3.63) is 0 Å². The molecule has 1 fully saturated rings. The Balaban J connectivity index is 1.92. The molecule has 1 saturated carbocycles. The zero-order valence-corrected chi connectivity index (χ0v) is 7.19. The average molecular weight is 141 g/mol. The van der Waals surface area contributed by atoms with Crippen LogP contribution < -0.4 is 5.32 Å². The van der Waals surface area contributed by atoms with Crippen LogP contribution in [0.4, 0.5) is 0 Å². The van der Waals surface area contributed by atoms with Gasteiger partial charge in [-0.2, -0.15) is 0 Å². The third-order valence-electron chi connectivity index (χ3n) is 2.49. The van der Waals surface area contributed by atoms with E-state index in [4.69, 9.17) is 0 Å². The Morgan fingerprint density at radius 1 is 1.30 bits per heavy atom. The molecule has 1 N–H and O–H groups in total. The lowest BCUT2D eigenvalue weighted by Gasteiger charge is -1.96. The summed E-state index contributed by atoms with van der Waals surface area (Å²) in [5.41, 5.74) is 0. The first-order valence-electron chi connectivity index (χ1n) is 4.53. The molecule has 10 heavy (non-hydrogen) atoms. The lowest BCUT2D eigenvalue weighted by molar-refractivity contribution is 0.582. The number of nitrogens with one attached hydrogen (secondary N) is 1. The Hall–Kier alpha value is -0.0400. The van der Waals surface area contributed by atoms with Gasteiger partial charge < -0.3 is 5.32 Å². The van der Waals surface area contributed by atoms with E-state index in [0.717, 1.165) is 11.8 Å². The fourth-order valence-electron chi connectivity index (χ4n) is 1.72. The Morgan fingerprint density at radius 3 is 2.60 bits per heavy atom. The summed E-state index contributed by atoms with van der Waals surface area (Å²) in [6, 6.07) is 0. The minimum atomic E-state index is 1.08. The van der Waals surface area contributed by atoms with Gasteiger partial charge in [0.2, 0.25) is 0 Å². The predicted octanol–water partition coefficient (Wildman–Crippen LogP) is 2.03. The molecule has 0 saturated heterocycles. The molecule has 2 atom stereocenters. The molecule has 1 aliphatic rings. The molecule has 0 amide bonds. The highest BCUT2D eigenvalue weighted by Crippen LogP contribution is 2.43. The Bertz CT molecular complexity index is 90.7. The molecule has 0 aromatic heterocycles. The predicted molar refractivity (Wildman–Crippen MR) is 45.0 cm³/mol. The fraction of sp³-hybridized carbons (Fsp3) is 1.00. The van der Waals surface area contributed by atoms with Gasteiger partial charge in [-0.3, -0.25) is 0 Å². The summed E-state index contributed by atoms with van der Waals surface area (Å²) in [7, 11) is 2.04. The summed E-state index contributed by atoms with van der Waals surface area (Å²) in [6.45, 7) is 3.50. The van der Waals surface area contributed by atoms with Gasteiger partial charge in [0.05, 0.1) is 0 Å². The van der Waals surface area contributed by atoms with Crippen molar-refractivity contribution in [2.24, 2.45) is 11.8 Å². The van der Waals surface area contributed by atoms with Gasteiger partial charge in [0.15, 0.2) is 0 Å². The van der Waals surface area contributed by atoms with Crippen molar-refractivity contribution in [3.8, 4) is 0 Å². The minimum absolute atomic E-state index is 1.08. The van der Waals surface area contributed by atoms with Crippen molar-refractivity contribution in [2.45, 2.75) is 32.6 Å².